The summed E-state index contributed by atoms with van der Waals surface area (Å²) in [6.45, 7) is 0. The number of para-hydroxylation sites is 1. The van der Waals surface area contributed by atoms with Crippen LogP contribution < -0.4 is 5.32 Å². The molecule has 2 fully saturated rings. The smallest absolute Gasteiger partial charge is 0.307 e. The SMILES string of the molecule is O=C(O)[C@H]1C[C@H]1C(=O)Nc1ccccc1SC1CCCC1. The average Bonchev–Trinajstić information content (AvgIpc) is 3.12. The van der Waals surface area contributed by atoms with Gasteiger partial charge in [0, 0.05) is 10.1 Å². The topological polar surface area (TPSA) is 66.4 Å². The number of carbonyl (C=O) groups excluding carboxylic acids is 1. The maximum absolute atomic E-state index is 12.1. The van der Waals surface area contributed by atoms with Gasteiger partial charge < -0.3 is 10.4 Å². The van der Waals surface area contributed by atoms with Crippen molar-refractivity contribution < 1.29 is 14.7 Å². The van der Waals surface area contributed by atoms with Crippen molar-refractivity contribution in [2.24, 2.45) is 11.8 Å². The Labute approximate surface area is 128 Å². The molecule has 21 heavy (non-hydrogen) atoms. The molecule has 0 unspecified atom stereocenters. The van der Waals surface area contributed by atoms with Crippen molar-refractivity contribution in [3.8, 4) is 0 Å². The number of aliphatic carboxylic acids is 1. The first-order valence-electron chi connectivity index (χ1n) is 7.44. The summed E-state index contributed by atoms with van der Waals surface area (Å²) in [4.78, 5) is 24.0. The summed E-state index contributed by atoms with van der Waals surface area (Å²) < 4.78 is 0. The quantitative estimate of drug-likeness (QED) is 0.875. The van der Waals surface area contributed by atoms with E-state index in [1.807, 2.05) is 36.0 Å². The molecule has 2 aliphatic carbocycles. The molecule has 0 saturated heterocycles. The lowest BCUT2D eigenvalue weighted by Gasteiger charge is -2.14. The standard InChI is InChI=1S/C16H19NO3S/c18-15(11-9-12(11)16(19)20)17-13-7-3-4-8-14(13)21-10-5-1-2-6-10/h3-4,7-8,10-12H,1-2,5-6,9H2,(H,17,18)(H,19,20)/t11-,12+/m1/s1. The third-order valence-electron chi connectivity index (χ3n) is 4.19. The number of nitrogens with one attached hydrogen (secondary N) is 1. The number of benzene rings is 1. The van der Waals surface area contributed by atoms with E-state index < -0.39 is 11.9 Å². The monoisotopic (exact) mass is 305 g/mol. The molecule has 2 saturated carbocycles. The Bertz CT molecular complexity index is 554. The third-order valence-corrected chi connectivity index (χ3v) is 5.60. The van der Waals surface area contributed by atoms with Crippen molar-refractivity contribution in [1.82, 2.24) is 0 Å². The minimum Gasteiger partial charge on any atom is -0.481 e. The minimum atomic E-state index is -0.872. The molecule has 0 bridgehead atoms. The molecule has 2 atom stereocenters. The van der Waals surface area contributed by atoms with Gasteiger partial charge in [0.2, 0.25) is 5.91 Å². The number of amides is 1. The maximum atomic E-state index is 12.1. The van der Waals surface area contributed by atoms with Gasteiger partial charge in [-0.15, -0.1) is 11.8 Å². The second kappa shape index (κ2) is 6.10. The highest BCUT2D eigenvalue weighted by atomic mass is 32.2. The lowest BCUT2D eigenvalue weighted by Crippen LogP contribution is -2.17. The number of hydrogen-bond donors (Lipinski definition) is 2. The van der Waals surface area contributed by atoms with Crippen LogP contribution in [0.1, 0.15) is 32.1 Å². The molecule has 0 radical (unpaired) electrons. The van der Waals surface area contributed by atoms with Crippen LogP contribution >= 0.6 is 11.8 Å². The lowest BCUT2D eigenvalue weighted by atomic mass is 10.2. The van der Waals surface area contributed by atoms with Gasteiger partial charge >= 0.3 is 5.97 Å². The predicted octanol–water partition coefficient (Wildman–Crippen LogP) is 3.38. The molecule has 3 rings (SSSR count). The van der Waals surface area contributed by atoms with Crippen molar-refractivity contribution in [2.75, 3.05) is 5.32 Å². The number of hydrogen-bond acceptors (Lipinski definition) is 3. The molecule has 2 aliphatic rings. The van der Waals surface area contributed by atoms with E-state index in [2.05, 4.69) is 5.32 Å². The van der Waals surface area contributed by atoms with E-state index in [1.165, 1.54) is 25.7 Å². The first-order valence-corrected chi connectivity index (χ1v) is 8.32. The number of anilines is 1. The minimum absolute atomic E-state index is 0.165. The van der Waals surface area contributed by atoms with Crippen molar-refractivity contribution >= 4 is 29.3 Å². The number of carbonyl (C=O) groups is 2. The van der Waals surface area contributed by atoms with E-state index in [9.17, 15) is 9.59 Å². The van der Waals surface area contributed by atoms with Crippen LogP contribution in [-0.4, -0.2) is 22.2 Å². The number of rotatable bonds is 5. The Hall–Kier alpha value is -1.49. The summed E-state index contributed by atoms with van der Waals surface area (Å²) in [6, 6.07) is 7.80. The van der Waals surface area contributed by atoms with E-state index in [0.717, 1.165) is 10.6 Å². The third kappa shape index (κ3) is 3.40. The maximum Gasteiger partial charge on any atom is 0.307 e. The predicted molar refractivity (Wildman–Crippen MR) is 82.4 cm³/mol. The van der Waals surface area contributed by atoms with Crippen molar-refractivity contribution in [2.45, 2.75) is 42.2 Å². The first kappa shape index (κ1) is 14.4. The van der Waals surface area contributed by atoms with Crippen LogP contribution in [0.3, 0.4) is 0 Å². The summed E-state index contributed by atoms with van der Waals surface area (Å²) in [5, 5.41) is 12.4. The molecular formula is C16H19NO3S. The molecule has 0 aromatic heterocycles. The fraction of sp³-hybridized carbons (Fsp3) is 0.500. The molecule has 4 nitrogen and oxygen atoms in total. The molecule has 0 heterocycles. The molecule has 0 spiro atoms. The largest absolute Gasteiger partial charge is 0.481 e. The van der Waals surface area contributed by atoms with Crippen LogP contribution in [0.2, 0.25) is 0 Å². The highest BCUT2D eigenvalue weighted by molar-refractivity contribution is 8.00. The van der Waals surface area contributed by atoms with Gasteiger partial charge in [-0.25, -0.2) is 0 Å². The Morgan fingerprint density at radius 2 is 1.86 bits per heavy atom. The molecule has 1 aromatic carbocycles. The van der Waals surface area contributed by atoms with Crippen molar-refractivity contribution in [1.29, 1.82) is 0 Å². The normalized spacial score (nSPS) is 24.8. The van der Waals surface area contributed by atoms with E-state index in [1.54, 1.807) is 0 Å². The summed E-state index contributed by atoms with van der Waals surface area (Å²) in [7, 11) is 0. The molecule has 1 amide bonds. The molecule has 2 N–H and O–H groups in total. The van der Waals surface area contributed by atoms with Crippen molar-refractivity contribution in [3.05, 3.63) is 24.3 Å². The van der Waals surface area contributed by atoms with Crippen LogP contribution in [0, 0.1) is 11.8 Å². The zero-order chi connectivity index (χ0) is 14.8. The van der Waals surface area contributed by atoms with Crippen molar-refractivity contribution in [3.63, 3.8) is 0 Å². The van der Waals surface area contributed by atoms with Gasteiger partial charge in [0.05, 0.1) is 17.5 Å². The van der Waals surface area contributed by atoms with Gasteiger partial charge in [0.25, 0.3) is 0 Å². The van der Waals surface area contributed by atoms with Crippen LogP contribution in [0.15, 0.2) is 29.2 Å². The van der Waals surface area contributed by atoms with Crippen LogP contribution in [0.25, 0.3) is 0 Å². The zero-order valence-electron chi connectivity index (χ0n) is 11.7. The van der Waals surface area contributed by atoms with E-state index >= 15 is 0 Å². The Morgan fingerprint density at radius 1 is 1.14 bits per heavy atom. The van der Waals surface area contributed by atoms with E-state index in [-0.39, 0.29) is 11.8 Å². The number of carboxylic acids is 1. The second-order valence-corrected chi connectivity index (χ2v) is 7.14. The second-order valence-electron chi connectivity index (χ2n) is 5.80. The molecule has 5 heteroatoms. The summed E-state index contributed by atoms with van der Waals surface area (Å²) >= 11 is 1.83. The van der Waals surface area contributed by atoms with Gasteiger partial charge in [0.1, 0.15) is 0 Å². The van der Waals surface area contributed by atoms with Gasteiger partial charge in [0.15, 0.2) is 0 Å². The van der Waals surface area contributed by atoms with Gasteiger partial charge in [-0.1, -0.05) is 25.0 Å². The van der Waals surface area contributed by atoms with Gasteiger partial charge in [-0.05, 0) is 31.4 Å². The molecular weight excluding hydrogens is 286 g/mol. The number of thioether (sulfide) groups is 1. The Kier molecular flexibility index (Phi) is 4.19. The Balaban J connectivity index is 1.65. The van der Waals surface area contributed by atoms with E-state index in [0.29, 0.717) is 11.7 Å². The van der Waals surface area contributed by atoms with Crippen LogP contribution in [0.5, 0.6) is 0 Å². The van der Waals surface area contributed by atoms with Gasteiger partial charge in [-0.3, -0.25) is 9.59 Å². The van der Waals surface area contributed by atoms with Crippen LogP contribution in [0.4, 0.5) is 5.69 Å². The summed E-state index contributed by atoms with van der Waals surface area (Å²) in [6.07, 6.45) is 5.50. The first-order chi connectivity index (χ1) is 10.1. The van der Waals surface area contributed by atoms with E-state index in [4.69, 9.17) is 5.11 Å². The summed E-state index contributed by atoms with van der Waals surface area (Å²) in [5.74, 6) is -1.91. The molecule has 112 valence electrons. The highest BCUT2D eigenvalue weighted by Crippen LogP contribution is 2.41. The summed E-state index contributed by atoms with van der Waals surface area (Å²) in [5.41, 5.74) is 0.815. The fourth-order valence-electron chi connectivity index (χ4n) is 2.84. The molecule has 0 aliphatic heterocycles. The zero-order valence-corrected chi connectivity index (χ0v) is 12.6. The average molecular weight is 305 g/mol. The number of carboxylic acid groups (broad SMARTS) is 1. The van der Waals surface area contributed by atoms with Gasteiger partial charge in [-0.2, -0.15) is 0 Å². The highest BCUT2D eigenvalue weighted by Gasteiger charge is 2.48. The molecule has 1 aromatic rings. The lowest BCUT2D eigenvalue weighted by molar-refractivity contribution is -0.139. The Morgan fingerprint density at radius 3 is 2.52 bits per heavy atom. The van der Waals surface area contributed by atoms with Crippen LogP contribution in [-0.2, 0) is 9.59 Å². The fourth-order valence-corrected chi connectivity index (χ4v) is 4.17.